The van der Waals surface area contributed by atoms with Crippen LogP contribution in [0.25, 0.3) is 11.4 Å². The molecule has 2 aromatic carbocycles. The van der Waals surface area contributed by atoms with Crippen molar-refractivity contribution in [3.63, 3.8) is 0 Å². The van der Waals surface area contributed by atoms with E-state index in [9.17, 15) is 4.79 Å². The van der Waals surface area contributed by atoms with Gasteiger partial charge in [0, 0.05) is 5.69 Å². The zero-order valence-corrected chi connectivity index (χ0v) is 17.6. The average molecular weight is 412 g/mol. The lowest BCUT2D eigenvalue weighted by Crippen LogP contribution is -2.17. The number of rotatable bonds is 8. The summed E-state index contributed by atoms with van der Waals surface area (Å²) in [7, 11) is 1.59. The van der Waals surface area contributed by atoms with Gasteiger partial charge in [-0.05, 0) is 36.1 Å². The van der Waals surface area contributed by atoms with Crippen molar-refractivity contribution in [3.8, 4) is 17.1 Å². The number of carbonyl (C=O) groups is 1. The molecule has 3 N–H and O–H groups in total. The van der Waals surface area contributed by atoms with Gasteiger partial charge < -0.3 is 15.9 Å². The molecule has 0 spiro atoms. The number of anilines is 1. The van der Waals surface area contributed by atoms with Crippen molar-refractivity contribution in [2.45, 2.75) is 31.3 Å². The zero-order valence-electron chi connectivity index (χ0n) is 16.8. The van der Waals surface area contributed by atoms with Crippen LogP contribution in [0.5, 0.6) is 5.75 Å². The molecule has 0 aliphatic carbocycles. The van der Waals surface area contributed by atoms with Crippen LogP contribution in [0.1, 0.15) is 31.7 Å². The lowest BCUT2D eigenvalue weighted by Gasteiger charge is -2.15. The maximum atomic E-state index is 12.5. The number of hydrogen-bond acceptors (Lipinski definition) is 6. The summed E-state index contributed by atoms with van der Waals surface area (Å²) in [5.41, 5.74) is 2.72. The highest BCUT2D eigenvalue weighted by Crippen LogP contribution is 2.30. The molecule has 1 aromatic heterocycles. The summed E-state index contributed by atoms with van der Waals surface area (Å²) in [6, 6.07) is 15.3. The Bertz CT molecular complexity index is 989. The Kier molecular flexibility index (Phi) is 6.77. The van der Waals surface area contributed by atoms with Crippen molar-refractivity contribution in [1.82, 2.24) is 14.9 Å². The molecule has 0 radical (unpaired) electrons. The predicted molar refractivity (Wildman–Crippen MR) is 117 cm³/mol. The summed E-state index contributed by atoms with van der Waals surface area (Å²) in [6.07, 6.45) is 1.00. The predicted octanol–water partition coefficient (Wildman–Crippen LogP) is 3.91. The molecular weight excluding hydrogens is 386 g/mol. The topological polar surface area (TPSA) is 95.1 Å². The Labute approximate surface area is 174 Å². The fraction of sp³-hybridized carbons (Fsp3) is 0.286. The summed E-state index contributed by atoms with van der Waals surface area (Å²) in [6.45, 7) is 4.28. The number of para-hydroxylation sites is 2. The van der Waals surface area contributed by atoms with Crippen molar-refractivity contribution >= 4 is 23.4 Å². The number of nitrogen functional groups attached to an aromatic ring is 1. The molecule has 0 aliphatic heterocycles. The van der Waals surface area contributed by atoms with Crippen LogP contribution in [-0.4, -0.2) is 33.6 Å². The van der Waals surface area contributed by atoms with E-state index in [0.717, 1.165) is 23.2 Å². The standard InChI is InChI=1S/C21H25N5O2S/c1-4-14(2)15-9-5-7-11-17(15)23-19(27)13-29-21-25-24-20(26(21)22)16-10-6-8-12-18(16)28-3/h5-12,14H,4,13,22H2,1-3H3,(H,23,27)/t14-/m0/s1. The number of nitrogens with one attached hydrogen (secondary N) is 1. The van der Waals surface area contributed by atoms with Gasteiger partial charge in [-0.25, -0.2) is 4.68 Å². The lowest BCUT2D eigenvalue weighted by molar-refractivity contribution is -0.113. The average Bonchev–Trinajstić information content (AvgIpc) is 3.12. The van der Waals surface area contributed by atoms with E-state index in [0.29, 0.717) is 22.6 Å². The Morgan fingerprint density at radius 3 is 2.69 bits per heavy atom. The van der Waals surface area contributed by atoms with Crippen molar-refractivity contribution < 1.29 is 9.53 Å². The molecule has 1 atom stereocenters. The monoisotopic (exact) mass is 411 g/mol. The molecule has 0 saturated carbocycles. The third-order valence-electron chi connectivity index (χ3n) is 4.72. The quantitative estimate of drug-likeness (QED) is 0.431. The molecule has 1 heterocycles. The fourth-order valence-electron chi connectivity index (χ4n) is 2.97. The second-order valence-corrected chi connectivity index (χ2v) is 7.55. The van der Waals surface area contributed by atoms with E-state index in [2.05, 4.69) is 29.4 Å². The van der Waals surface area contributed by atoms with E-state index in [4.69, 9.17) is 10.6 Å². The van der Waals surface area contributed by atoms with E-state index < -0.39 is 0 Å². The van der Waals surface area contributed by atoms with Crippen molar-refractivity contribution in [3.05, 3.63) is 54.1 Å². The first-order valence-electron chi connectivity index (χ1n) is 9.40. The van der Waals surface area contributed by atoms with Gasteiger partial charge in [-0.3, -0.25) is 4.79 Å². The first kappa shape index (κ1) is 20.7. The summed E-state index contributed by atoms with van der Waals surface area (Å²) in [4.78, 5) is 12.5. The van der Waals surface area contributed by atoms with Crippen molar-refractivity contribution in [1.29, 1.82) is 0 Å². The Balaban J connectivity index is 1.69. The molecule has 0 saturated heterocycles. The maximum absolute atomic E-state index is 12.5. The van der Waals surface area contributed by atoms with E-state index in [1.165, 1.54) is 16.4 Å². The van der Waals surface area contributed by atoms with Gasteiger partial charge in [-0.2, -0.15) is 0 Å². The van der Waals surface area contributed by atoms with Crippen molar-refractivity contribution in [2.75, 3.05) is 24.0 Å². The molecule has 152 valence electrons. The minimum Gasteiger partial charge on any atom is -0.496 e. The van der Waals surface area contributed by atoms with E-state index in [1.54, 1.807) is 7.11 Å². The summed E-state index contributed by atoms with van der Waals surface area (Å²) in [5.74, 6) is 7.73. The molecule has 7 nitrogen and oxygen atoms in total. The largest absolute Gasteiger partial charge is 0.496 e. The zero-order chi connectivity index (χ0) is 20.8. The van der Waals surface area contributed by atoms with Gasteiger partial charge in [-0.15, -0.1) is 10.2 Å². The minimum atomic E-state index is -0.118. The highest BCUT2D eigenvalue weighted by molar-refractivity contribution is 7.99. The van der Waals surface area contributed by atoms with Gasteiger partial charge in [0.2, 0.25) is 11.1 Å². The van der Waals surface area contributed by atoms with Gasteiger partial charge in [0.1, 0.15) is 5.75 Å². The van der Waals surface area contributed by atoms with Gasteiger partial charge in [0.15, 0.2) is 5.82 Å². The van der Waals surface area contributed by atoms with Crippen LogP contribution in [0.2, 0.25) is 0 Å². The molecule has 0 fully saturated rings. The van der Waals surface area contributed by atoms with Crippen LogP contribution in [0, 0.1) is 0 Å². The summed E-state index contributed by atoms with van der Waals surface area (Å²) >= 11 is 1.23. The number of carbonyl (C=O) groups excluding carboxylic acids is 1. The number of hydrogen-bond donors (Lipinski definition) is 2. The highest BCUT2D eigenvalue weighted by atomic mass is 32.2. The molecule has 0 bridgehead atoms. The maximum Gasteiger partial charge on any atom is 0.234 e. The number of thioether (sulfide) groups is 1. The Morgan fingerprint density at radius 1 is 1.21 bits per heavy atom. The smallest absolute Gasteiger partial charge is 0.234 e. The van der Waals surface area contributed by atoms with Crippen LogP contribution in [0.4, 0.5) is 5.69 Å². The number of ether oxygens (including phenoxy) is 1. The van der Waals surface area contributed by atoms with Gasteiger partial charge in [-0.1, -0.05) is 55.9 Å². The molecule has 3 aromatic rings. The number of aromatic nitrogens is 3. The molecular formula is C21H25N5O2S. The van der Waals surface area contributed by atoms with Gasteiger partial charge in [0.05, 0.1) is 18.4 Å². The van der Waals surface area contributed by atoms with Gasteiger partial charge >= 0.3 is 0 Å². The third kappa shape index (κ3) is 4.71. The van der Waals surface area contributed by atoms with E-state index >= 15 is 0 Å². The SMILES string of the molecule is CC[C@H](C)c1ccccc1NC(=O)CSc1nnc(-c2ccccc2OC)n1N. The van der Waals surface area contributed by atoms with E-state index in [-0.39, 0.29) is 11.7 Å². The Hall–Kier alpha value is -3.00. The third-order valence-corrected chi connectivity index (χ3v) is 5.67. The van der Waals surface area contributed by atoms with Crippen molar-refractivity contribution in [2.24, 2.45) is 0 Å². The first-order chi connectivity index (χ1) is 14.0. The molecule has 3 rings (SSSR count). The van der Waals surface area contributed by atoms with Crippen LogP contribution in [-0.2, 0) is 4.79 Å². The molecule has 8 heteroatoms. The Morgan fingerprint density at radius 2 is 1.93 bits per heavy atom. The summed E-state index contributed by atoms with van der Waals surface area (Å²) < 4.78 is 6.74. The van der Waals surface area contributed by atoms with Gasteiger partial charge in [0.25, 0.3) is 0 Å². The van der Waals surface area contributed by atoms with Crippen LogP contribution in [0.15, 0.2) is 53.7 Å². The number of benzene rings is 2. The normalized spacial score (nSPS) is 11.8. The molecule has 1 amide bonds. The number of methoxy groups -OCH3 is 1. The van der Waals surface area contributed by atoms with Crippen LogP contribution >= 0.6 is 11.8 Å². The fourth-order valence-corrected chi connectivity index (χ4v) is 3.62. The first-order valence-corrected chi connectivity index (χ1v) is 10.4. The molecule has 0 unspecified atom stereocenters. The highest BCUT2D eigenvalue weighted by Gasteiger charge is 2.17. The number of nitrogens with zero attached hydrogens (tertiary/aromatic N) is 3. The number of nitrogens with two attached hydrogens (primary N) is 1. The minimum absolute atomic E-state index is 0.118. The second-order valence-electron chi connectivity index (χ2n) is 6.61. The molecule has 29 heavy (non-hydrogen) atoms. The van der Waals surface area contributed by atoms with Crippen LogP contribution < -0.4 is 15.9 Å². The second kappa shape index (κ2) is 9.47. The molecule has 0 aliphatic rings. The number of amides is 1. The lowest BCUT2D eigenvalue weighted by atomic mass is 9.97. The van der Waals surface area contributed by atoms with E-state index in [1.807, 2.05) is 48.5 Å². The summed E-state index contributed by atoms with van der Waals surface area (Å²) in [5, 5.41) is 11.7. The van der Waals surface area contributed by atoms with Crippen LogP contribution in [0.3, 0.4) is 0 Å².